The topological polar surface area (TPSA) is 21.3 Å². The molecule has 3 unspecified atom stereocenters. The predicted molar refractivity (Wildman–Crippen MR) is 85.5 cm³/mol. The van der Waals surface area contributed by atoms with Crippen LogP contribution in [0.15, 0.2) is 18.2 Å². The van der Waals surface area contributed by atoms with Crippen LogP contribution in [0.4, 0.5) is 0 Å². The highest BCUT2D eigenvalue weighted by molar-refractivity contribution is 5.38. The van der Waals surface area contributed by atoms with Gasteiger partial charge in [-0.2, -0.15) is 0 Å². The molecule has 0 bridgehead atoms. The van der Waals surface area contributed by atoms with Crippen molar-refractivity contribution < 1.29 is 4.74 Å². The molecule has 0 heterocycles. The molecule has 2 heteroatoms. The molecular formula is C18H29NO. The highest BCUT2D eigenvalue weighted by atomic mass is 16.5. The summed E-state index contributed by atoms with van der Waals surface area (Å²) in [5.41, 5.74) is 2.84. The minimum absolute atomic E-state index is 0.245. The molecule has 0 saturated heterocycles. The Balaban J connectivity index is 2.17. The van der Waals surface area contributed by atoms with Gasteiger partial charge >= 0.3 is 0 Å². The molecule has 0 amide bonds. The van der Waals surface area contributed by atoms with Crippen LogP contribution in [0.25, 0.3) is 0 Å². The molecule has 0 radical (unpaired) electrons. The fraction of sp³-hybridized carbons (Fsp3) is 0.667. The lowest BCUT2D eigenvalue weighted by atomic mass is 9.61. The van der Waals surface area contributed by atoms with Gasteiger partial charge in [-0.25, -0.2) is 0 Å². The normalized spacial score (nSPS) is 29.4. The van der Waals surface area contributed by atoms with Crippen molar-refractivity contribution in [3.8, 4) is 5.75 Å². The Labute approximate surface area is 123 Å². The van der Waals surface area contributed by atoms with Crippen LogP contribution in [0, 0.1) is 12.3 Å². The first-order valence-electron chi connectivity index (χ1n) is 7.86. The first-order chi connectivity index (χ1) is 9.42. The molecule has 2 rings (SSSR count). The van der Waals surface area contributed by atoms with Gasteiger partial charge in [0.1, 0.15) is 11.9 Å². The second-order valence-electron chi connectivity index (χ2n) is 6.72. The van der Waals surface area contributed by atoms with E-state index in [9.17, 15) is 0 Å². The van der Waals surface area contributed by atoms with Crippen LogP contribution in [-0.4, -0.2) is 19.2 Å². The first kappa shape index (κ1) is 15.4. The predicted octanol–water partition coefficient (Wildman–Crippen LogP) is 4.27. The molecule has 1 aromatic rings. The summed E-state index contributed by atoms with van der Waals surface area (Å²) in [7, 11) is 2.05. The molecule has 20 heavy (non-hydrogen) atoms. The lowest BCUT2D eigenvalue weighted by Gasteiger charge is -2.53. The zero-order valence-electron chi connectivity index (χ0n) is 13.8. The van der Waals surface area contributed by atoms with E-state index in [1.165, 1.54) is 11.1 Å². The minimum Gasteiger partial charge on any atom is -0.489 e. The molecule has 1 N–H and O–H groups in total. The molecule has 2 nitrogen and oxygen atoms in total. The van der Waals surface area contributed by atoms with Crippen LogP contribution in [0.2, 0.25) is 0 Å². The third-order valence-corrected chi connectivity index (χ3v) is 5.24. The van der Waals surface area contributed by atoms with E-state index < -0.39 is 0 Å². The van der Waals surface area contributed by atoms with E-state index in [2.05, 4.69) is 65.2 Å². The standard InChI is InChI=1S/C18H29NO/c1-7-18(5)16(19-6)11-17(18)20-15-10-14(12(2)3)9-8-13(15)4/h8-10,12,16-17,19H,7,11H2,1-6H3. The van der Waals surface area contributed by atoms with Gasteiger partial charge < -0.3 is 10.1 Å². The van der Waals surface area contributed by atoms with Gasteiger partial charge in [0.05, 0.1) is 0 Å². The molecule has 1 saturated carbocycles. The Bertz CT molecular complexity index is 468. The molecule has 0 aliphatic heterocycles. The van der Waals surface area contributed by atoms with Crippen LogP contribution in [-0.2, 0) is 0 Å². The molecule has 0 aromatic heterocycles. The molecule has 1 aliphatic carbocycles. The van der Waals surface area contributed by atoms with Crippen molar-refractivity contribution >= 4 is 0 Å². The summed E-state index contributed by atoms with van der Waals surface area (Å²) in [5, 5.41) is 3.42. The van der Waals surface area contributed by atoms with Crippen molar-refractivity contribution in [2.75, 3.05) is 7.05 Å². The second-order valence-corrected chi connectivity index (χ2v) is 6.72. The number of benzene rings is 1. The van der Waals surface area contributed by atoms with E-state index >= 15 is 0 Å². The van der Waals surface area contributed by atoms with E-state index in [-0.39, 0.29) is 5.41 Å². The van der Waals surface area contributed by atoms with Crippen molar-refractivity contribution in [2.24, 2.45) is 5.41 Å². The van der Waals surface area contributed by atoms with Gasteiger partial charge in [-0.05, 0) is 43.5 Å². The zero-order valence-corrected chi connectivity index (χ0v) is 13.8. The summed E-state index contributed by atoms with van der Waals surface area (Å²) in [6.07, 6.45) is 2.57. The Morgan fingerprint density at radius 2 is 2.10 bits per heavy atom. The lowest BCUT2D eigenvalue weighted by Crippen LogP contribution is -2.62. The van der Waals surface area contributed by atoms with Crippen LogP contribution < -0.4 is 10.1 Å². The number of rotatable bonds is 5. The molecule has 0 spiro atoms. The van der Waals surface area contributed by atoms with Crippen LogP contribution in [0.3, 0.4) is 0 Å². The van der Waals surface area contributed by atoms with Gasteiger partial charge in [0.15, 0.2) is 0 Å². The number of aryl methyl sites for hydroxylation is 1. The van der Waals surface area contributed by atoms with Gasteiger partial charge in [-0.1, -0.05) is 39.8 Å². The Hall–Kier alpha value is -1.02. The third-order valence-electron chi connectivity index (χ3n) is 5.24. The van der Waals surface area contributed by atoms with Crippen LogP contribution >= 0.6 is 0 Å². The number of hydrogen-bond donors (Lipinski definition) is 1. The molecule has 3 atom stereocenters. The van der Waals surface area contributed by atoms with Gasteiger partial charge in [-0.15, -0.1) is 0 Å². The number of ether oxygens (including phenoxy) is 1. The van der Waals surface area contributed by atoms with Gasteiger partial charge in [-0.3, -0.25) is 0 Å². The van der Waals surface area contributed by atoms with Crippen molar-refractivity contribution in [1.29, 1.82) is 0 Å². The summed E-state index contributed by atoms with van der Waals surface area (Å²) < 4.78 is 6.37. The number of nitrogens with one attached hydrogen (secondary N) is 1. The maximum atomic E-state index is 6.37. The molecule has 1 fully saturated rings. The smallest absolute Gasteiger partial charge is 0.122 e. The summed E-state index contributed by atoms with van der Waals surface area (Å²) in [5.74, 6) is 1.61. The molecule has 1 aromatic carbocycles. The summed E-state index contributed by atoms with van der Waals surface area (Å²) in [6.45, 7) is 11.2. The van der Waals surface area contributed by atoms with E-state index in [1.807, 2.05) is 0 Å². The first-order valence-corrected chi connectivity index (χ1v) is 7.86. The van der Waals surface area contributed by atoms with Gasteiger partial charge in [0.2, 0.25) is 0 Å². The van der Waals surface area contributed by atoms with Crippen molar-refractivity contribution in [3.05, 3.63) is 29.3 Å². The van der Waals surface area contributed by atoms with Crippen molar-refractivity contribution in [1.82, 2.24) is 5.32 Å². The zero-order chi connectivity index (χ0) is 14.9. The van der Waals surface area contributed by atoms with Crippen LogP contribution in [0.5, 0.6) is 5.75 Å². The lowest BCUT2D eigenvalue weighted by molar-refractivity contribution is -0.0680. The van der Waals surface area contributed by atoms with E-state index in [0.717, 1.165) is 18.6 Å². The second kappa shape index (κ2) is 5.77. The van der Waals surface area contributed by atoms with E-state index in [1.54, 1.807) is 0 Å². The largest absolute Gasteiger partial charge is 0.489 e. The SMILES string of the molecule is CCC1(C)C(NC)CC1Oc1cc(C(C)C)ccc1C. The molecular weight excluding hydrogens is 246 g/mol. The Kier molecular flexibility index (Phi) is 4.43. The number of hydrogen-bond acceptors (Lipinski definition) is 2. The fourth-order valence-corrected chi connectivity index (χ4v) is 3.18. The quantitative estimate of drug-likeness (QED) is 0.866. The minimum atomic E-state index is 0.245. The van der Waals surface area contributed by atoms with Crippen molar-refractivity contribution in [3.63, 3.8) is 0 Å². The Morgan fingerprint density at radius 3 is 2.65 bits per heavy atom. The fourth-order valence-electron chi connectivity index (χ4n) is 3.18. The van der Waals surface area contributed by atoms with Gasteiger partial charge in [0.25, 0.3) is 0 Å². The highest BCUT2D eigenvalue weighted by Gasteiger charge is 2.51. The summed E-state index contributed by atoms with van der Waals surface area (Å²) in [6, 6.07) is 7.19. The molecule has 1 aliphatic rings. The average molecular weight is 275 g/mol. The van der Waals surface area contributed by atoms with E-state index in [0.29, 0.717) is 18.1 Å². The summed E-state index contributed by atoms with van der Waals surface area (Å²) >= 11 is 0. The highest BCUT2D eigenvalue weighted by Crippen LogP contribution is 2.46. The van der Waals surface area contributed by atoms with Crippen LogP contribution in [0.1, 0.15) is 57.6 Å². The average Bonchev–Trinajstić information content (AvgIpc) is 2.43. The molecule has 112 valence electrons. The van der Waals surface area contributed by atoms with E-state index in [4.69, 9.17) is 4.74 Å². The monoisotopic (exact) mass is 275 g/mol. The maximum absolute atomic E-state index is 6.37. The maximum Gasteiger partial charge on any atom is 0.122 e. The third kappa shape index (κ3) is 2.58. The Morgan fingerprint density at radius 1 is 1.40 bits per heavy atom. The van der Waals surface area contributed by atoms with Gasteiger partial charge in [0, 0.05) is 17.9 Å². The van der Waals surface area contributed by atoms with Crippen molar-refractivity contribution in [2.45, 2.75) is 65.5 Å². The summed E-state index contributed by atoms with van der Waals surface area (Å²) in [4.78, 5) is 0.